The molecule has 0 unspecified atom stereocenters. The number of nitrogens with two attached hydrogens (primary N) is 1. The van der Waals surface area contributed by atoms with E-state index in [0.29, 0.717) is 31.5 Å². The van der Waals surface area contributed by atoms with Crippen molar-refractivity contribution in [2.75, 3.05) is 32.9 Å². The number of rotatable bonds is 11. The van der Waals surface area contributed by atoms with E-state index in [0.717, 1.165) is 32.4 Å². The SMILES string of the molecule is CCOCCCN=C(N)NCCCCOc1ccc(F)cc1. The summed E-state index contributed by atoms with van der Waals surface area (Å²) in [6.45, 7) is 5.45. The predicted molar refractivity (Wildman–Crippen MR) is 86.7 cm³/mol. The molecule has 6 heteroatoms. The summed E-state index contributed by atoms with van der Waals surface area (Å²) in [6, 6.07) is 6.03. The van der Waals surface area contributed by atoms with Crippen molar-refractivity contribution in [2.45, 2.75) is 26.2 Å². The van der Waals surface area contributed by atoms with Crippen LogP contribution in [0.1, 0.15) is 26.2 Å². The molecule has 5 nitrogen and oxygen atoms in total. The van der Waals surface area contributed by atoms with Gasteiger partial charge in [0.1, 0.15) is 11.6 Å². The number of aliphatic imine (C=N–C) groups is 1. The van der Waals surface area contributed by atoms with E-state index < -0.39 is 0 Å². The van der Waals surface area contributed by atoms with Gasteiger partial charge in [-0.1, -0.05) is 0 Å². The van der Waals surface area contributed by atoms with Crippen molar-refractivity contribution >= 4 is 5.96 Å². The van der Waals surface area contributed by atoms with E-state index in [1.165, 1.54) is 12.1 Å². The molecule has 0 saturated carbocycles. The van der Waals surface area contributed by atoms with Gasteiger partial charge in [0, 0.05) is 26.3 Å². The number of benzene rings is 1. The highest BCUT2D eigenvalue weighted by atomic mass is 19.1. The number of nitrogens with one attached hydrogen (secondary N) is 1. The number of guanidine groups is 1. The molecule has 0 atom stereocenters. The summed E-state index contributed by atoms with van der Waals surface area (Å²) in [5.74, 6) is 0.897. The van der Waals surface area contributed by atoms with Crippen molar-refractivity contribution < 1.29 is 13.9 Å². The molecule has 0 spiro atoms. The molecule has 1 aromatic carbocycles. The van der Waals surface area contributed by atoms with Crippen molar-refractivity contribution in [2.24, 2.45) is 10.7 Å². The fourth-order valence-electron chi connectivity index (χ4n) is 1.73. The zero-order valence-electron chi connectivity index (χ0n) is 13.2. The van der Waals surface area contributed by atoms with E-state index in [1.807, 2.05) is 6.92 Å². The zero-order chi connectivity index (χ0) is 16.0. The fourth-order valence-corrected chi connectivity index (χ4v) is 1.73. The third kappa shape index (κ3) is 9.18. The summed E-state index contributed by atoms with van der Waals surface area (Å²) in [4.78, 5) is 4.21. The lowest BCUT2D eigenvalue weighted by molar-refractivity contribution is 0.146. The Kier molecular flexibility index (Phi) is 9.78. The van der Waals surface area contributed by atoms with Crippen LogP contribution in [0.5, 0.6) is 5.75 Å². The first-order valence-electron chi connectivity index (χ1n) is 7.72. The van der Waals surface area contributed by atoms with Gasteiger partial charge in [0.2, 0.25) is 0 Å². The lowest BCUT2D eigenvalue weighted by atomic mass is 10.3. The highest BCUT2D eigenvalue weighted by molar-refractivity contribution is 5.77. The topological polar surface area (TPSA) is 68.9 Å². The first kappa shape index (κ1) is 18.2. The molecular weight excluding hydrogens is 285 g/mol. The van der Waals surface area contributed by atoms with Crippen LogP contribution in [0, 0.1) is 5.82 Å². The van der Waals surface area contributed by atoms with Crippen molar-refractivity contribution in [1.29, 1.82) is 0 Å². The molecule has 1 aromatic rings. The number of unbranched alkanes of at least 4 members (excludes halogenated alkanes) is 1. The summed E-state index contributed by atoms with van der Waals surface area (Å²) in [5, 5.41) is 3.06. The van der Waals surface area contributed by atoms with Crippen LogP contribution < -0.4 is 15.8 Å². The second-order valence-electron chi connectivity index (χ2n) is 4.75. The Bertz CT molecular complexity index is 424. The van der Waals surface area contributed by atoms with Gasteiger partial charge in [0.15, 0.2) is 5.96 Å². The minimum Gasteiger partial charge on any atom is -0.494 e. The highest BCUT2D eigenvalue weighted by Crippen LogP contribution is 2.11. The third-order valence-corrected chi connectivity index (χ3v) is 2.89. The average molecular weight is 311 g/mol. The second kappa shape index (κ2) is 11.8. The Morgan fingerprint density at radius 3 is 2.68 bits per heavy atom. The van der Waals surface area contributed by atoms with Crippen LogP contribution in [-0.2, 0) is 4.74 Å². The number of ether oxygens (including phenoxy) is 2. The van der Waals surface area contributed by atoms with Crippen LogP contribution in [0.2, 0.25) is 0 Å². The van der Waals surface area contributed by atoms with Gasteiger partial charge in [-0.05, 0) is 50.5 Å². The van der Waals surface area contributed by atoms with Gasteiger partial charge in [-0.25, -0.2) is 4.39 Å². The van der Waals surface area contributed by atoms with E-state index in [9.17, 15) is 4.39 Å². The quantitative estimate of drug-likeness (QED) is 0.374. The average Bonchev–Trinajstić information content (AvgIpc) is 2.52. The van der Waals surface area contributed by atoms with E-state index in [1.54, 1.807) is 12.1 Å². The Morgan fingerprint density at radius 2 is 1.95 bits per heavy atom. The Balaban J connectivity index is 1.98. The van der Waals surface area contributed by atoms with Gasteiger partial charge in [0.05, 0.1) is 6.61 Å². The van der Waals surface area contributed by atoms with Crippen LogP contribution in [0.25, 0.3) is 0 Å². The molecule has 0 aliphatic heterocycles. The molecule has 0 amide bonds. The lowest BCUT2D eigenvalue weighted by Gasteiger charge is -2.07. The Labute approximate surface area is 131 Å². The Hall–Kier alpha value is -1.82. The highest BCUT2D eigenvalue weighted by Gasteiger charge is 1.96. The molecule has 0 aromatic heterocycles. The van der Waals surface area contributed by atoms with Crippen LogP contribution in [-0.4, -0.2) is 38.9 Å². The smallest absolute Gasteiger partial charge is 0.188 e. The maximum Gasteiger partial charge on any atom is 0.188 e. The maximum absolute atomic E-state index is 12.7. The second-order valence-corrected chi connectivity index (χ2v) is 4.75. The molecule has 22 heavy (non-hydrogen) atoms. The molecule has 1 rings (SSSR count). The van der Waals surface area contributed by atoms with E-state index >= 15 is 0 Å². The molecule has 0 aliphatic carbocycles. The van der Waals surface area contributed by atoms with Gasteiger partial charge in [0.25, 0.3) is 0 Å². The molecule has 124 valence electrons. The first-order chi connectivity index (χ1) is 10.7. The number of hydrogen-bond donors (Lipinski definition) is 2. The van der Waals surface area contributed by atoms with Gasteiger partial charge in [-0.2, -0.15) is 0 Å². The van der Waals surface area contributed by atoms with E-state index in [2.05, 4.69) is 10.3 Å². The third-order valence-electron chi connectivity index (χ3n) is 2.89. The molecule has 0 saturated heterocycles. The molecule has 0 radical (unpaired) electrons. The lowest BCUT2D eigenvalue weighted by Crippen LogP contribution is -2.32. The minimum absolute atomic E-state index is 0.257. The predicted octanol–water partition coefficient (Wildman–Crippen LogP) is 2.32. The van der Waals surface area contributed by atoms with Gasteiger partial charge >= 0.3 is 0 Å². The fraction of sp³-hybridized carbons (Fsp3) is 0.562. The minimum atomic E-state index is -0.257. The normalized spacial score (nSPS) is 11.5. The number of hydrogen-bond acceptors (Lipinski definition) is 3. The molecule has 0 bridgehead atoms. The van der Waals surface area contributed by atoms with Gasteiger partial charge in [-0.3, -0.25) is 4.99 Å². The molecule has 0 fully saturated rings. The molecule has 0 heterocycles. The summed E-state index contributed by atoms with van der Waals surface area (Å²) in [6.07, 6.45) is 2.69. The van der Waals surface area contributed by atoms with Gasteiger partial charge in [-0.15, -0.1) is 0 Å². The van der Waals surface area contributed by atoms with Crippen LogP contribution in [0.15, 0.2) is 29.3 Å². The van der Waals surface area contributed by atoms with Crippen LogP contribution in [0.3, 0.4) is 0 Å². The Morgan fingerprint density at radius 1 is 1.18 bits per heavy atom. The largest absolute Gasteiger partial charge is 0.494 e. The zero-order valence-corrected chi connectivity index (χ0v) is 13.2. The standard InChI is InChI=1S/C16H26FN3O2/c1-2-21-12-5-11-20-16(18)19-10-3-4-13-22-15-8-6-14(17)7-9-15/h6-9H,2-5,10-13H2,1H3,(H3,18,19,20). The van der Waals surface area contributed by atoms with Crippen molar-refractivity contribution in [1.82, 2.24) is 5.32 Å². The summed E-state index contributed by atoms with van der Waals surface area (Å²) >= 11 is 0. The first-order valence-corrected chi connectivity index (χ1v) is 7.72. The van der Waals surface area contributed by atoms with E-state index in [-0.39, 0.29) is 5.82 Å². The number of halogens is 1. The maximum atomic E-state index is 12.7. The van der Waals surface area contributed by atoms with E-state index in [4.69, 9.17) is 15.2 Å². The van der Waals surface area contributed by atoms with Crippen LogP contribution in [0.4, 0.5) is 4.39 Å². The molecular formula is C16H26FN3O2. The van der Waals surface area contributed by atoms with Crippen molar-refractivity contribution in [3.8, 4) is 5.75 Å². The monoisotopic (exact) mass is 311 g/mol. The number of nitrogens with zero attached hydrogens (tertiary/aromatic N) is 1. The molecule has 3 N–H and O–H groups in total. The summed E-state index contributed by atoms with van der Waals surface area (Å²) in [7, 11) is 0. The van der Waals surface area contributed by atoms with Crippen molar-refractivity contribution in [3.05, 3.63) is 30.1 Å². The van der Waals surface area contributed by atoms with Gasteiger partial charge < -0.3 is 20.5 Å². The van der Waals surface area contributed by atoms with Crippen molar-refractivity contribution in [3.63, 3.8) is 0 Å². The molecule has 0 aliphatic rings. The summed E-state index contributed by atoms with van der Waals surface area (Å²) in [5.41, 5.74) is 5.74. The summed E-state index contributed by atoms with van der Waals surface area (Å²) < 4.78 is 23.4. The van der Waals surface area contributed by atoms with Crippen LogP contribution >= 0.6 is 0 Å².